The number of halogens is 2. The largest absolute Gasteiger partial charge is 0.355 e. The van der Waals surface area contributed by atoms with E-state index in [4.69, 9.17) is 11.6 Å². The van der Waals surface area contributed by atoms with E-state index in [-0.39, 0.29) is 24.6 Å². The van der Waals surface area contributed by atoms with Gasteiger partial charge in [-0.2, -0.15) is 0 Å². The number of carbonyl (C=O) groups is 1. The number of nitrogens with one attached hydrogen (secondary N) is 1. The van der Waals surface area contributed by atoms with Gasteiger partial charge in [-0.15, -0.1) is 0 Å². The Morgan fingerprint density at radius 3 is 2.52 bits per heavy atom. The first-order valence-electron chi connectivity index (χ1n) is 6.42. The van der Waals surface area contributed by atoms with Crippen molar-refractivity contribution in [1.82, 2.24) is 5.32 Å². The van der Waals surface area contributed by atoms with Crippen molar-refractivity contribution in [2.75, 3.05) is 18.6 Å². The quantitative estimate of drug-likeness (QED) is 0.867. The third kappa shape index (κ3) is 5.63. The molecule has 1 N–H and O–H groups in total. The summed E-state index contributed by atoms with van der Waals surface area (Å²) < 4.78 is 35.9. The molecule has 7 heteroatoms. The molecule has 0 fully saturated rings. The first-order chi connectivity index (χ1) is 9.53. The van der Waals surface area contributed by atoms with E-state index in [1.807, 2.05) is 0 Å². The second kappa shape index (κ2) is 6.75. The molecule has 0 atom stereocenters. The molecule has 21 heavy (non-hydrogen) atoms. The Balaban J connectivity index is 2.71. The van der Waals surface area contributed by atoms with Crippen LogP contribution < -0.4 is 5.32 Å². The summed E-state index contributed by atoms with van der Waals surface area (Å²) in [6, 6.07) is 4.42. The van der Waals surface area contributed by atoms with Crippen molar-refractivity contribution in [3.8, 4) is 0 Å². The SMILES string of the molecule is CC(C)(CNC(=O)CCS(C)(=O)=O)c1c(F)cccc1Cl. The molecule has 1 aromatic carbocycles. The molecule has 0 spiro atoms. The van der Waals surface area contributed by atoms with Crippen molar-refractivity contribution in [3.05, 3.63) is 34.6 Å². The normalized spacial score (nSPS) is 12.2. The van der Waals surface area contributed by atoms with Gasteiger partial charge in [0.05, 0.1) is 5.75 Å². The highest BCUT2D eigenvalue weighted by atomic mass is 35.5. The van der Waals surface area contributed by atoms with Crippen LogP contribution in [0.5, 0.6) is 0 Å². The predicted molar refractivity (Wildman–Crippen MR) is 81.8 cm³/mol. The average molecular weight is 336 g/mol. The highest BCUT2D eigenvalue weighted by Crippen LogP contribution is 2.31. The van der Waals surface area contributed by atoms with Gasteiger partial charge in [-0.1, -0.05) is 31.5 Å². The van der Waals surface area contributed by atoms with Gasteiger partial charge in [-0.3, -0.25) is 4.79 Å². The minimum absolute atomic E-state index is 0.111. The summed E-state index contributed by atoms with van der Waals surface area (Å²) in [6.45, 7) is 3.68. The Hall–Kier alpha value is -1.14. The van der Waals surface area contributed by atoms with E-state index >= 15 is 0 Å². The lowest BCUT2D eigenvalue weighted by molar-refractivity contribution is -0.120. The van der Waals surface area contributed by atoms with Crippen LogP contribution in [0.4, 0.5) is 4.39 Å². The highest BCUT2D eigenvalue weighted by molar-refractivity contribution is 7.90. The van der Waals surface area contributed by atoms with Gasteiger partial charge in [0.15, 0.2) is 0 Å². The third-order valence-corrected chi connectivity index (χ3v) is 4.33. The topological polar surface area (TPSA) is 63.2 Å². The maximum atomic E-state index is 13.9. The Bertz CT molecular complexity index is 609. The van der Waals surface area contributed by atoms with Crippen LogP contribution in [0.2, 0.25) is 5.02 Å². The molecule has 118 valence electrons. The minimum Gasteiger partial charge on any atom is -0.355 e. The Morgan fingerprint density at radius 2 is 2.00 bits per heavy atom. The van der Waals surface area contributed by atoms with Crippen LogP contribution in [0.25, 0.3) is 0 Å². The summed E-state index contributed by atoms with van der Waals surface area (Å²) in [5.41, 5.74) is -0.376. The lowest BCUT2D eigenvalue weighted by Crippen LogP contribution is -2.38. The van der Waals surface area contributed by atoms with Gasteiger partial charge in [-0.25, -0.2) is 12.8 Å². The molecule has 0 saturated heterocycles. The maximum Gasteiger partial charge on any atom is 0.221 e. The Morgan fingerprint density at radius 1 is 1.38 bits per heavy atom. The van der Waals surface area contributed by atoms with Gasteiger partial charge in [0.25, 0.3) is 0 Å². The number of rotatable bonds is 6. The molecule has 0 aliphatic heterocycles. The highest BCUT2D eigenvalue weighted by Gasteiger charge is 2.27. The summed E-state index contributed by atoms with van der Waals surface area (Å²) in [5.74, 6) is -1.03. The van der Waals surface area contributed by atoms with Crippen molar-refractivity contribution in [2.24, 2.45) is 0 Å². The van der Waals surface area contributed by atoms with Crippen LogP contribution in [0.15, 0.2) is 18.2 Å². The molecule has 0 bridgehead atoms. The molecule has 0 saturated carbocycles. The fourth-order valence-corrected chi connectivity index (χ4v) is 2.89. The van der Waals surface area contributed by atoms with Gasteiger partial charge in [0.2, 0.25) is 5.91 Å². The van der Waals surface area contributed by atoms with Crippen molar-refractivity contribution < 1.29 is 17.6 Å². The first kappa shape index (κ1) is 17.9. The van der Waals surface area contributed by atoms with Crippen molar-refractivity contribution in [1.29, 1.82) is 0 Å². The van der Waals surface area contributed by atoms with Gasteiger partial charge < -0.3 is 5.32 Å². The van der Waals surface area contributed by atoms with Crippen LogP contribution in [0.1, 0.15) is 25.8 Å². The number of carbonyl (C=O) groups excluding carboxylic acids is 1. The average Bonchev–Trinajstić information content (AvgIpc) is 2.32. The first-order valence-corrected chi connectivity index (χ1v) is 8.86. The van der Waals surface area contributed by atoms with Crippen LogP contribution in [0, 0.1) is 5.82 Å². The lowest BCUT2D eigenvalue weighted by Gasteiger charge is -2.27. The minimum atomic E-state index is -3.18. The second-order valence-corrected chi connectivity index (χ2v) is 8.30. The second-order valence-electron chi connectivity index (χ2n) is 5.64. The molecule has 0 aliphatic rings. The predicted octanol–water partition coefficient (Wildman–Crippen LogP) is 2.31. The number of sulfone groups is 1. The zero-order chi connectivity index (χ0) is 16.3. The Labute approximate surface area is 129 Å². The van der Waals surface area contributed by atoms with E-state index < -0.39 is 21.1 Å². The monoisotopic (exact) mass is 335 g/mol. The third-order valence-electron chi connectivity index (χ3n) is 3.07. The van der Waals surface area contributed by atoms with Crippen molar-refractivity contribution in [2.45, 2.75) is 25.7 Å². The van der Waals surface area contributed by atoms with Crippen LogP contribution in [-0.4, -0.2) is 32.9 Å². The molecule has 1 rings (SSSR count). The zero-order valence-corrected chi connectivity index (χ0v) is 13.8. The molecule has 0 aromatic heterocycles. The van der Waals surface area contributed by atoms with Crippen LogP contribution >= 0.6 is 11.6 Å². The van der Waals surface area contributed by atoms with Gasteiger partial charge in [-0.05, 0) is 12.1 Å². The van der Waals surface area contributed by atoms with Crippen LogP contribution in [-0.2, 0) is 20.0 Å². The van der Waals surface area contributed by atoms with E-state index in [9.17, 15) is 17.6 Å². The summed E-state index contributed by atoms with van der Waals surface area (Å²) >= 11 is 6.02. The molecular formula is C14H19ClFNO3S. The van der Waals surface area contributed by atoms with Gasteiger partial charge in [0, 0.05) is 35.2 Å². The Kier molecular flexibility index (Phi) is 5.75. The smallest absolute Gasteiger partial charge is 0.221 e. The number of benzene rings is 1. The summed E-state index contributed by atoms with van der Waals surface area (Å²) in [7, 11) is -3.18. The van der Waals surface area contributed by atoms with E-state index in [1.54, 1.807) is 19.9 Å². The number of hydrogen-bond donors (Lipinski definition) is 1. The molecule has 0 unspecified atom stereocenters. The summed E-state index contributed by atoms with van der Waals surface area (Å²) in [4.78, 5) is 11.6. The fraction of sp³-hybridized carbons (Fsp3) is 0.500. The van der Waals surface area contributed by atoms with Gasteiger partial charge in [0.1, 0.15) is 15.7 Å². The fourth-order valence-electron chi connectivity index (χ4n) is 1.92. The molecule has 4 nitrogen and oxygen atoms in total. The maximum absolute atomic E-state index is 13.9. The van der Waals surface area contributed by atoms with E-state index in [0.717, 1.165) is 6.26 Å². The summed E-state index contributed by atoms with van der Waals surface area (Å²) in [5, 5.41) is 2.92. The number of hydrogen-bond acceptors (Lipinski definition) is 3. The van der Waals surface area contributed by atoms with Crippen LogP contribution in [0.3, 0.4) is 0 Å². The molecule has 0 heterocycles. The summed E-state index contributed by atoms with van der Waals surface area (Å²) in [6.07, 6.45) is 0.962. The van der Waals surface area contributed by atoms with Crippen molar-refractivity contribution in [3.63, 3.8) is 0 Å². The molecular weight excluding hydrogens is 317 g/mol. The zero-order valence-electron chi connectivity index (χ0n) is 12.2. The van der Waals surface area contributed by atoms with E-state index in [1.165, 1.54) is 12.1 Å². The molecule has 0 radical (unpaired) electrons. The van der Waals surface area contributed by atoms with Gasteiger partial charge >= 0.3 is 0 Å². The van der Waals surface area contributed by atoms with E-state index in [0.29, 0.717) is 10.6 Å². The van der Waals surface area contributed by atoms with Crippen molar-refractivity contribution >= 4 is 27.3 Å². The molecule has 1 aromatic rings. The standard InChI is InChI=1S/C14H19ClFNO3S/c1-14(2,13-10(15)5-4-6-11(13)16)9-17-12(18)7-8-21(3,19)20/h4-6H,7-9H2,1-3H3,(H,17,18). The van der Waals surface area contributed by atoms with E-state index in [2.05, 4.69) is 5.32 Å². The molecule has 1 amide bonds. The molecule has 0 aliphatic carbocycles. The lowest BCUT2D eigenvalue weighted by atomic mass is 9.84. The number of amides is 1.